The Balaban J connectivity index is 1.50. The van der Waals surface area contributed by atoms with Gasteiger partial charge in [0.05, 0.1) is 11.4 Å². The first-order chi connectivity index (χ1) is 15.5. The Bertz CT molecular complexity index is 1170. The van der Waals surface area contributed by atoms with Crippen molar-refractivity contribution in [3.05, 3.63) is 84.1 Å². The van der Waals surface area contributed by atoms with Crippen molar-refractivity contribution >= 4 is 5.91 Å². The Kier molecular flexibility index (Phi) is 6.44. The van der Waals surface area contributed by atoms with Gasteiger partial charge in [-0.25, -0.2) is 4.68 Å². The van der Waals surface area contributed by atoms with E-state index < -0.39 is 0 Å². The van der Waals surface area contributed by atoms with E-state index in [2.05, 4.69) is 10.1 Å². The van der Waals surface area contributed by atoms with Crippen LogP contribution < -0.4 is 0 Å². The van der Waals surface area contributed by atoms with Gasteiger partial charge in [0.2, 0.25) is 11.8 Å². The van der Waals surface area contributed by atoms with Gasteiger partial charge in [-0.2, -0.15) is 10.1 Å². The highest BCUT2D eigenvalue weighted by Crippen LogP contribution is 2.25. The first-order valence-corrected chi connectivity index (χ1v) is 10.8. The molecule has 0 aliphatic rings. The molecule has 32 heavy (non-hydrogen) atoms. The Morgan fingerprint density at radius 3 is 2.41 bits per heavy atom. The third kappa shape index (κ3) is 4.94. The predicted octanol–water partition coefficient (Wildman–Crippen LogP) is 4.64. The molecule has 2 heterocycles. The second kappa shape index (κ2) is 9.60. The van der Waals surface area contributed by atoms with E-state index in [-0.39, 0.29) is 11.8 Å². The molecular formula is C25H27N5O2. The largest absolute Gasteiger partial charge is 0.341 e. The van der Waals surface area contributed by atoms with Crippen LogP contribution in [0, 0.1) is 0 Å². The molecule has 7 nitrogen and oxygen atoms in total. The standard InChI is InChI=1S/C25H27N5O2/c1-18(2)25-26-22(32-28-25)14-15-23(31)29(3)16-20-17-30(21-12-8-5-9-13-21)27-24(20)19-10-6-4-7-11-19/h4-13,17-18H,14-16H2,1-3H3. The molecule has 0 atom stereocenters. The molecule has 0 bridgehead atoms. The molecule has 2 aromatic carbocycles. The molecular weight excluding hydrogens is 402 g/mol. The maximum atomic E-state index is 12.8. The van der Waals surface area contributed by atoms with Gasteiger partial charge in [0.25, 0.3) is 0 Å². The molecule has 0 N–H and O–H groups in total. The number of hydrogen-bond donors (Lipinski definition) is 0. The first-order valence-electron chi connectivity index (χ1n) is 10.8. The minimum atomic E-state index is 0.0146. The molecule has 7 heteroatoms. The molecule has 0 unspecified atom stereocenters. The van der Waals surface area contributed by atoms with E-state index in [1.807, 2.05) is 92.4 Å². The highest BCUT2D eigenvalue weighted by molar-refractivity contribution is 5.76. The van der Waals surface area contributed by atoms with E-state index in [9.17, 15) is 4.79 Å². The fourth-order valence-corrected chi connectivity index (χ4v) is 3.43. The molecule has 0 saturated heterocycles. The molecule has 0 aliphatic heterocycles. The van der Waals surface area contributed by atoms with Crippen molar-refractivity contribution < 1.29 is 9.32 Å². The summed E-state index contributed by atoms with van der Waals surface area (Å²) in [6, 6.07) is 20.0. The summed E-state index contributed by atoms with van der Waals surface area (Å²) in [5, 5.41) is 8.78. The summed E-state index contributed by atoms with van der Waals surface area (Å²) in [6.07, 6.45) is 2.73. The van der Waals surface area contributed by atoms with E-state index in [1.54, 1.807) is 4.90 Å². The second-order valence-corrected chi connectivity index (χ2v) is 8.10. The molecule has 0 spiro atoms. The first kappa shape index (κ1) is 21.5. The number of carbonyl (C=O) groups is 1. The van der Waals surface area contributed by atoms with Crippen molar-refractivity contribution in [1.29, 1.82) is 0 Å². The summed E-state index contributed by atoms with van der Waals surface area (Å²) < 4.78 is 7.12. The van der Waals surface area contributed by atoms with E-state index in [0.717, 1.165) is 22.5 Å². The Hall–Kier alpha value is -3.74. The number of aryl methyl sites for hydroxylation is 1. The fourth-order valence-electron chi connectivity index (χ4n) is 3.43. The quantitative estimate of drug-likeness (QED) is 0.408. The zero-order chi connectivity index (χ0) is 22.5. The lowest BCUT2D eigenvalue weighted by Crippen LogP contribution is -2.26. The lowest BCUT2D eigenvalue weighted by Gasteiger charge is -2.16. The Morgan fingerprint density at radius 1 is 1.06 bits per heavy atom. The SMILES string of the molecule is CC(C)c1noc(CCC(=O)N(C)Cc2cn(-c3ccccc3)nc2-c2ccccc2)n1. The van der Waals surface area contributed by atoms with Gasteiger partial charge in [-0.1, -0.05) is 67.5 Å². The summed E-state index contributed by atoms with van der Waals surface area (Å²) in [4.78, 5) is 18.9. The van der Waals surface area contributed by atoms with Gasteiger partial charge < -0.3 is 9.42 Å². The summed E-state index contributed by atoms with van der Waals surface area (Å²) in [7, 11) is 1.81. The summed E-state index contributed by atoms with van der Waals surface area (Å²) in [5.41, 5.74) is 3.84. The zero-order valence-electron chi connectivity index (χ0n) is 18.6. The number of amides is 1. The van der Waals surface area contributed by atoms with Crippen molar-refractivity contribution in [1.82, 2.24) is 24.8 Å². The van der Waals surface area contributed by atoms with Crippen molar-refractivity contribution in [2.24, 2.45) is 0 Å². The molecule has 1 amide bonds. The van der Waals surface area contributed by atoms with E-state index in [4.69, 9.17) is 9.62 Å². The maximum absolute atomic E-state index is 12.8. The molecule has 4 rings (SSSR count). The minimum Gasteiger partial charge on any atom is -0.341 e. The van der Waals surface area contributed by atoms with Gasteiger partial charge in [-0.15, -0.1) is 0 Å². The number of aromatic nitrogens is 4. The third-order valence-corrected chi connectivity index (χ3v) is 5.24. The van der Waals surface area contributed by atoms with Crippen molar-refractivity contribution in [3.63, 3.8) is 0 Å². The monoisotopic (exact) mass is 429 g/mol. The van der Waals surface area contributed by atoms with Crippen LogP contribution in [0.5, 0.6) is 0 Å². The van der Waals surface area contributed by atoms with Crippen molar-refractivity contribution in [2.45, 2.75) is 39.2 Å². The number of para-hydroxylation sites is 1. The topological polar surface area (TPSA) is 77.0 Å². The molecule has 4 aromatic rings. The Morgan fingerprint density at radius 2 is 1.75 bits per heavy atom. The van der Waals surface area contributed by atoms with Gasteiger partial charge in [-0.05, 0) is 12.1 Å². The van der Waals surface area contributed by atoms with Crippen LogP contribution >= 0.6 is 0 Å². The normalized spacial score (nSPS) is 11.1. The van der Waals surface area contributed by atoms with Crippen LogP contribution in [0.15, 0.2) is 71.4 Å². The number of rotatable bonds is 8. The molecule has 0 aliphatic carbocycles. The number of nitrogens with zero attached hydrogens (tertiary/aromatic N) is 5. The van der Waals surface area contributed by atoms with Crippen molar-refractivity contribution in [2.75, 3.05) is 7.05 Å². The highest BCUT2D eigenvalue weighted by atomic mass is 16.5. The zero-order valence-corrected chi connectivity index (χ0v) is 18.6. The molecule has 0 saturated carbocycles. The fraction of sp³-hybridized carbons (Fsp3) is 0.280. The number of benzene rings is 2. The summed E-state index contributed by atoms with van der Waals surface area (Å²) in [5.74, 6) is 1.38. The summed E-state index contributed by atoms with van der Waals surface area (Å²) in [6.45, 7) is 4.47. The van der Waals surface area contributed by atoms with Crippen LogP contribution in [-0.4, -0.2) is 37.8 Å². The van der Waals surface area contributed by atoms with Crippen LogP contribution in [0.2, 0.25) is 0 Å². The molecule has 0 radical (unpaired) electrons. The lowest BCUT2D eigenvalue weighted by atomic mass is 10.1. The molecule has 2 aromatic heterocycles. The minimum absolute atomic E-state index is 0.0146. The number of carbonyl (C=O) groups excluding carboxylic acids is 1. The van der Waals surface area contributed by atoms with Crippen molar-refractivity contribution in [3.8, 4) is 16.9 Å². The lowest BCUT2D eigenvalue weighted by molar-refractivity contribution is -0.130. The van der Waals surface area contributed by atoms with Crippen LogP contribution in [0.4, 0.5) is 0 Å². The van der Waals surface area contributed by atoms with Gasteiger partial charge in [0.1, 0.15) is 0 Å². The van der Waals surface area contributed by atoms with E-state index in [1.165, 1.54) is 0 Å². The summed E-state index contributed by atoms with van der Waals surface area (Å²) >= 11 is 0. The average molecular weight is 430 g/mol. The van der Waals surface area contributed by atoms with Crippen LogP contribution in [0.1, 0.15) is 43.5 Å². The predicted molar refractivity (Wildman–Crippen MR) is 122 cm³/mol. The second-order valence-electron chi connectivity index (χ2n) is 8.10. The van der Waals surface area contributed by atoms with Gasteiger partial charge in [-0.3, -0.25) is 4.79 Å². The van der Waals surface area contributed by atoms with Gasteiger partial charge in [0, 0.05) is 49.7 Å². The van der Waals surface area contributed by atoms with Crippen LogP contribution in [0.25, 0.3) is 16.9 Å². The smallest absolute Gasteiger partial charge is 0.227 e. The van der Waals surface area contributed by atoms with Crippen LogP contribution in [0.3, 0.4) is 0 Å². The highest BCUT2D eigenvalue weighted by Gasteiger charge is 2.18. The van der Waals surface area contributed by atoms with E-state index in [0.29, 0.717) is 31.1 Å². The molecule has 0 fully saturated rings. The van der Waals surface area contributed by atoms with E-state index >= 15 is 0 Å². The van der Waals surface area contributed by atoms with Gasteiger partial charge >= 0.3 is 0 Å². The Labute approximate surface area is 187 Å². The average Bonchev–Trinajstić information content (AvgIpc) is 3.46. The maximum Gasteiger partial charge on any atom is 0.227 e. The van der Waals surface area contributed by atoms with Crippen LogP contribution in [-0.2, 0) is 17.8 Å². The third-order valence-electron chi connectivity index (χ3n) is 5.24. The molecule has 164 valence electrons. The van der Waals surface area contributed by atoms with Gasteiger partial charge in [0.15, 0.2) is 5.82 Å². The number of hydrogen-bond acceptors (Lipinski definition) is 5.